The second kappa shape index (κ2) is 9.99. The maximum atomic E-state index is 12.1. The molecular weight excluding hydrogens is 456 g/mol. The molecule has 3 aromatic rings. The quantitative estimate of drug-likeness (QED) is 0.235. The predicted molar refractivity (Wildman–Crippen MR) is 116 cm³/mol. The largest absolute Gasteiger partial charge is 0.481 e. The second-order valence-corrected chi connectivity index (χ2v) is 7.75. The number of carbonyl (C=O) groups excluding carboxylic acids is 2. The summed E-state index contributed by atoms with van der Waals surface area (Å²) in [5, 5.41) is 5.75. The van der Waals surface area contributed by atoms with Gasteiger partial charge in [-0.1, -0.05) is 22.0 Å². The van der Waals surface area contributed by atoms with Crippen molar-refractivity contribution in [1.29, 1.82) is 0 Å². The van der Waals surface area contributed by atoms with Crippen LogP contribution in [0.5, 0.6) is 11.5 Å². The Morgan fingerprint density at radius 2 is 1.76 bits per heavy atom. The van der Waals surface area contributed by atoms with E-state index in [1.54, 1.807) is 55.5 Å². The normalized spacial score (nSPS) is 11.8. The van der Waals surface area contributed by atoms with Gasteiger partial charge < -0.3 is 9.47 Å². The van der Waals surface area contributed by atoms with Crippen molar-refractivity contribution in [3.8, 4) is 11.5 Å². The average molecular weight is 473 g/mol. The van der Waals surface area contributed by atoms with Crippen molar-refractivity contribution >= 4 is 45.4 Å². The minimum atomic E-state index is -0.702. The van der Waals surface area contributed by atoms with Crippen LogP contribution in [0, 0.1) is 0 Å². The molecule has 0 aliphatic carbocycles. The number of halogens is 1. The first-order valence-electron chi connectivity index (χ1n) is 8.62. The highest BCUT2D eigenvalue weighted by molar-refractivity contribution is 9.10. The van der Waals surface area contributed by atoms with Crippen LogP contribution in [0.25, 0.3) is 0 Å². The first kappa shape index (κ1) is 20.8. The Kier molecular flexibility index (Phi) is 7.15. The molecule has 6 nitrogen and oxygen atoms in total. The number of benzene rings is 2. The first-order valence-corrected chi connectivity index (χ1v) is 10.3. The standard InChI is InChI=1S/C21H17BrN2O4S/c1-14(27-17-10-6-16(22)7-11-17)20(25)24-23-13-15-4-8-18(9-5-15)28-21(26)19-3-2-12-29-19/h2-14H,1H3,(H,24,25). The van der Waals surface area contributed by atoms with Crippen LogP contribution in [0.4, 0.5) is 0 Å². The molecule has 1 aromatic heterocycles. The highest BCUT2D eigenvalue weighted by Crippen LogP contribution is 2.18. The zero-order valence-corrected chi connectivity index (χ0v) is 17.8. The number of ether oxygens (including phenoxy) is 2. The summed E-state index contributed by atoms with van der Waals surface area (Å²) < 4.78 is 11.8. The maximum Gasteiger partial charge on any atom is 0.353 e. The summed E-state index contributed by atoms with van der Waals surface area (Å²) in [6, 6.07) is 17.5. The lowest BCUT2D eigenvalue weighted by Crippen LogP contribution is -2.33. The fourth-order valence-electron chi connectivity index (χ4n) is 2.21. The van der Waals surface area contributed by atoms with Crippen molar-refractivity contribution in [3.63, 3.8) is 0 Å². The number of hydrazone groups is 1. The molecule has 29 heavy (non-hydrogen) atoms. The number of thiophene rings is 1. The zero-order valence-electron chi connectivity index (χ0n) is 15.4. The molecular formula is C21H17BrN2O4S. The van der Waals surface area contributed by atoms with E-state index in [0.29, 0.717) is 16.4 Å². The SMILES string of the molecule is CC(Oc1ccc(Br)cc1)C(=O)NN=Cc1ccc(OC(=O)c2cccs2)cc1. The molecule has 8 heteroatoms. The van der Waals surface area contributed by atoms with E-state index in [1.165, 1.54) is 17.6 Å². The van der Waals surface area contributed by atoms with Crippen LogP contribution in [0.15, 0.2) is 75.6 Å². The van der Waals surface area contributed by atoms with Crippen LogP contribution in [-0.2, 0) is 4.79 Å². The Morgan fingerprint density at radius 1 is 1.07 bits per heavy atom. The lowest BCUT2D eigenvalue weighted by molar-refractivity contribution is -0.127. The Bertz CT molecular complexity index is 987. The second-order valence-electron chi connectivity index (χ2n) is 5.88. The van der Waals surface area contributed by atoms with Gasteiger partial charge in [-0.3, -0.25) is 4.79 Å². The van der Waals surface area contributed by atoms with Gasteiger partial charge in [0.25, 0.3) is 5.91 Å². The molecule has 2 aromatic carbocycles. The maximum absolute atomic E-state index is 12.1. The highest BCUT2D eigenvalue weighted by Gasteiger charge is 2.13. The van der Waals surface area contributed by atoms with E-state index in [0.717, 1.165) is 10.0 Å². The molecule has 0 spiro atoms. The monoisotopic (exact) mass is 472 g/mol. The molecule has 0 saturated heterocycles. The van der Waals surface area contributed by atoms with E-state index in [1.807, 2.05) is 17.5 Å². The van der Waals surface area contributed by atoms with Crippen molar-refractivity contribution in [2.24, 2.45) is 5.10 Å². The summed E-state index contributed by atoms with van der Waals surface area (Å²) in [4.78, 5) is 24.5. The van der Waals surface area contributed by atoms with E-state index in [4.69, 9.17) is 9.47 Å². The number of hydrogen-bond donors (Lipinski definition) is 1. The van der Waals surface area contributed by atoms with Crippen molar-refractivity contribution in [1.82, 2.24) is 5.43 Å². The molecule has 148 valence electrons. The topological polar surface area (TPSA) is 77.0 Å². The van der Waals surface area contributed by atoms with E-state index in [-0.39, 0.29) is 5.91 Å². The van der Waals surface area contributed by atoms with E-state index < -0.39 is 12.1 Å². The van der Waals surface area contributed by atoms with Gasteiger partial charge in [-0.25, -0.2) is 10.2 Å². The van der Waals surface area contributed by atoms with Crippen LogP contribution >= 0.6 is 27.3 Å². The van der Waals surface area contributed by atoms with Crippen molar-refractivity contribution in [3.05, 3.63) is 81.0 Å². The van der Waals surface area contributed by atoms with Crippen LogP contribution in [-0.4, -0.2) is 24.2 Å². The summed E-state index contributed by atoms with van der Waals surface area (Å²) in [5.41, 5.74) is 3.18. The number of rotatable bonds is 7. The number of amides is 1. The number of hydrogen-bond acceptors (Lipinski definition) is 6. The van der Waals surface area contributed by atoms with Crippen LogP contribution in [0.1, 0.15) is 22.2 Å². The number of carbonyl (C=O) groups is 2. The Hall–Kier alpha value is -2.97. The van der Waals surface area contributed by atoms with Gasteiger partial charge in [-0.15, -0.1) is 11.3 Å². The molecule has 1 unspecified atom stereocenters. The first-order chi connectivity index (χ1) is 14.0. The van der Waals surface area contributed by atoms with Crippen LogP contribution < -0.4 is 14.9 Å². The molecule has 1 heterocycles. The molecule has 0 aliphatic heterocycles. The van der Waals surface area contributed by atoms with Gasteiger partial charge in [-0.2, -0.15) is 5.10 Å². The van der Waals surface area contributed by atoms with Gasteiger partial charge >= 0.3 is 5.97 Å². The Labute approximate surface area is 180 Å². The molecule has 1 amide bonds. The molecule has 1 N–H and O–H groups in total. The summed E-state index contributed by atoms with van der Waals surface area (Å²) in [7, 11) is 0. The molecule has 0 radical (unpaired) electrons. The average Bonchev–Trinajstić information content (AvgIpc) is 3.26. The number of esters is 1. The van der Waals surface area contributed by atoms with Gasteiger partial charge in [0.05, 0.1) is 6.21 Å². The lowest BCUT2D eigenvalue weighted by Gasteiger charge is -2.12. The minimum absolute atomic E-state index is 0.370. The summed E-state index contributed by atoms with van der Waals surface area (Å²) >= 11 is 4.67. The summed E-state index contributed by atoms with van der Waals surface area (Å²) in [5.74, 6) is 0.257. The van der Waals surface area contributed by atoms with Gasteiger partial charge in [0, 0.05) is 4.47 Å². The Balaban J connectivity index is 1.48. The fraction of sp³-hybridized carbons (Fsp3) is 0.0952. The van der Waals surface area contributed by atoms with Crippen molar-refractivity contribution in [2.75, 3.05) is 0 Å². The fourth-order valence-corrected chi connectivity index (χ4v) is 3.07. The lowest BCUT2D eigenvalue weighted by atomic mass is 10.2. The molecule has 0 aliphatic rings. The molecule has 0 saturated carbocycles. The van der Waals surface area contributed by atoms with Gasteiger partial charge in [0.1, 0.15) is 16.4 Å². The predicted octanol–water partition coefficient (Wildman–Crippen LogP) is 4.65. The molecule has 1 atom stereocenters. The molecule has 0 fully saturated rings. The van der Waals surface area contributed by atoms with Gasteiger partial charge in [0.2, 0.25) is 0 Å². The summed E-state index contributed by atoms with van der Waals surface area (Å²) in [6.45, 7) is 1.64. The third-order valence-corrected chi connectivity index (χ3v) is 5.08. The zero-order chi connectivity index (χ0) is 20.6. The third kappa shape index (κ3) is 6.27. The van der Waals surface area contributed by atoms with Crippen molar-refractivity contribution < 1.29 is 19.1 Å². The van der Waals surface area contributed by atoms with E-state index >= 15 is 0 Å². The van der Waals surface area contributed by atoms with Crippen LogP contribution in [0.3, 0.4) is 0 Å². The number of nitrogens with one attached hydrogen (secondary N) is 1. The summed E-state index contributed by atoms with van der Waals surface area (Å²) in [6.07, 6.45) is 0.794. The van der Waals surface area contributed by atoms with Gasteiger partial charge in [-0.05, 0) is 72.5 Å². The van der Waals surface area contributed by atoms with E-state index in [9.17, 15) is 9.59 Å². The van der Waals surface area contributed by atoms with Crippen molar-refractivity contribution in [2.45, 2.75) is 13.0 Å². The Morgan fingerprint density at radius 3 is 2.41 bits per heavy atom. The molecule has 3 rings (SSSR count). The van der Waals surface area contributed by atoms with Gasteiger partial charge in [0.15, 0.2) is 6.10 Å². The highest BCUT2D eigenvalue weighted by atomic mass is 79.9. The number of nitrogens with zero attached hydrogens (tertiary/aromatic N) is 1. The minimum Gasteiger partial charge on any atom is -0.481 e. The van der Waals surface area contributed by atoms with E-state index in [2.05, 4.69) is 26.5 Å². The molecule has 0 bridgehead atoms. The third-order valence-electron chi connectivity index (χ3n) is 3.70. The van der Waals surface area contributed by atoms with Crippen LogP contribution in [0.2, 0.25) is 0 Å². The smallest absolute Gasteiger partial charge is 0.353 e.